The van der Waals surface area contributed by atoms with E-state index in [9.17, 15) is 4.79 Å². The van der Waals surface area contributed by atoms with E-state index in [0.29, 0.717) is 0 Å². The smallest absolute Gasteiger partial charge is 0.313 e. The molecule has 1 aliphatic carbocycles. The van der Waals surface area contributed by atoms with Crippen LogP contribution in [0.25, 0.3) is 0 Å². The van der Waals surface area contributed by atoms with Gasteiger partial charge in [-0.25, -0.2) is 0 Å². The molecule has 2 rings (SSSR count). The Morgan fingerprint density at radius 1 is 1.67 bits per heavy atom. The Hall–Kier alpha value is -0.900. The highest BCUT2D eigenvalue weighted by molar-refractivity contribution is 9.10. The van der Waals surface area contributed by atoms with Gasteiger partial charge in [0.2, 0.25) is 0 Å². The molecule has 1 aliphatic rings. The van der Waals surface area contributed by atoms with Crippen LogP contribution in [0, 0.1) is 0 Å². The molecule has 0 aromatic carbocycles. The van der Waals surface area contributed by atoms with E-state index in [-0.39, 0.29) is 11.9 Å². The van der Waals surface area contributed by atoms with Crippen LogP contribution >= 0.6 is 15.9 Å². The normalized spacial score (nSPS) is 19.5. The van der Waals surface area contributed by atoms with Gasteiger partial charge in [-0.15, -0.1) is 0 Å². The Kier molecular flexibility index (Phi) is 3.05. The van der Waals surface area contributed by atoms with Crippen molar-refractivity contribution in [3.63, 3.8) is 0 Å². The Morgan fingerprint density at radius 2 is 2.47 bits per heavy atom. The second-order valence-corrected chi connectivity index (χ2v) is 4.57. The average molecular weight is 270 g/mol. The van der Waals surface area contributed by atoms with Gasteiger partial charge in [-0.1, -0.05) is 0 Å². The lowest BCUT2D eigenvalue weighted by Crippen LogP contribution is -2.20. The maximum Gasteiger partial charge on any atom is 0.313 e. The highest BCUT2D eigenvalue weighted by Gasteiger charge is 2.28. The zero-order valence-corrected chi connectivity index (χ0v) is 10.1. The van der Waals surface area contributed by atoms with Gasteiger partial charge < -0.3 is 4.74 Å². The number of aromatic nitrogens is 1. The van der Waals surface area contributed by atoms with E-state index in [2.05, 4.69) is 20.9 Å². The summed E-state index contributed by atoms with van der Waals surface area (Å²) in [6, 6.07) is 1.98. The molecule has 0 aliphatic heterocycles. The highest BCUT2D eigenvalue weighted by atomic mass is 79.9. The van der Waals surface area contributed by atoms with Crippen molar-refractivity contribution in [2.24, 2.45) is 0 Å². The Bertz CT molecular complexity index is 392. The van der Waals surface area contributed by atoms with Gasteiger partial charge >= 0.3 is 5.97 Å². The largest absolute Gasteiger partial charge is 0.469 e. The van der Waals surface area contributed by atoms with Gasteiger partial charge in [0.15, 0.2) is 0 Å². The van der Waals surface area contributed by atoms with E-state index in [1.165, 1.54) is 7.11 Å². The number of rotatable bonds is 1. The third kappa shape index (κ3) is 2.04. The first-order valence-electron chi connectivity index (χ1n) is 4.94. The number of hydrogen-bond acceptors (Lipinski definition) is 3. The van der Waals surface area contributed by atoms with Crippen LogP contribution in [0.3, 0.4) is 0 Å². The van der Waals surface area contributed by atoms with E-state index in [1.807, 2.05) is 6.07 Å². The van der Waals surface area contributed by atoms with E-state index in [1.54, 1.807) is 6.20 Å². The predicted molar refractivity (Wildman–Crippen MR) is 59.6 cm³/mol. The van der Waals surface area contributed by atoms with Crippen molar-refractivity contribution in [1.82, 2.24) is 4.98 Å². The number of carbonyl (C=O) groups is 1. The van der Waals surface area contributed by atoms with Gasteiger partial charge in [0.1, 0.15) is 0 Å². The number of methoxy groups -OCH3 is 1. The summed E-state index contributed by atoms with van der Waals surface area (Å²) in [7, 11) is 1.43. The highest BCUT2D eigenvalue weighted by Crippen LogP contribution is 2.32. The third-order valence-corrected chi connectivity index (χ3v) is 3.17. The number of pyridine rings is 1. The van der Waals surface area contributed by atoms with Crippen molar-refractivity contribution < 1.29 is 9.53 Å². The minimum absolute atomic E-state index is 0.135. The van der Waals surface area contributed by atoms with Crippen molar-refractivity contribution >= 4 is 21.9 Å². The first-order chi connectivity index (χ1) is 7.22. The molecular formula is C11H12BrNO2. The second-order valence-electron chi connectivity index (χ2n) is 3.66. The fraction of sp³-hybridized carbons (Fsp3) is 0.455. The molecule has 80 valence electrons. The van der Waals surface area contributed by atoms with Crippen LogP contribution in [0.4, 0.5) is 0 Å². The topological polar surface area (TPSA) is 39.2 Å². The molecule has 1 unspecified atom stereocenters. The van der Waals surface area contributed by atoms with Gasteiger partial charge in [-0.3, -0.25) is 9.78 Å². The molecule has 1 aromatic rings. The third-order valence-electron chi connectivity index (χ3n) is 2.74. The van der Waals surface area contributed by atoms with Crippen LogP contribution in [0.15, 0.2) is 16.7 Å². The number of nitrogens with zero attached hydrogens (tertiary/aromatic N) is 1. The lowest BCUT2D eigenvalue weighted by atomic mass is 9.86. The second kappa shape index (κ2) is 4.31. The lowest BCUT2D eigenvalue weighted by Gasteiger charge is -2.22. The van der Waals surface area contributed by atoms with Gasteiger partial charge in [0.25, 0.3) is 0 Å². The summed E-state index contributed by atoms with van der Waals surface area (Å²) < 4.78 is 5.72. The van der Waals surface area contributed by atoms with Gasteiger partial charge in [-0.05, 0) is 46.8 Å². The van der Waals surface area contributed by atoms with Gasteiger partial charge in [0, 0.05) is 16.4 Å². The van der Waals surface area contributed by atoms with Crippen LogP contribution in [0.5, 0.6) is 0 Å². The van der Waals surface area contributed by atoms with Gasteiger partial charge in [-0.2, -0.15) is 0 Å². The summed E-state index contributed by atoms with van der Waals surface area (Å²) in [4.78, 5) is 15.9. The number of ether oxygens (including phenoxy) is 1. The molecule has 0 spiro atoms. The van der Waals surface area contributed by atoms with Crippen molar-refractivity contribution in [2.75, 3.05) is 7.11 Å². The SMILES string of the molecule is COC(=O)C1CCCc2ncc(Br)cc21. The van der Waals surface area contributed by atoms with Crippen molar-refractivity contribution in [1.29, 1.82) is 0 Å². The predicted octanol–water partition coefficient (Wildman–Crippen LogP) is 2.44. The van der Waals surface area contributed by atoms with Crippen molar-refractivity contribution in [3.05, 3.63) is 28.0 Å². The fourth-order valence-corrected chi connectivity index (χ4v) is 2.36. The molecule has 0 saturated heterocycles. The Balaban J connectivity index is 2.40. The van der Waals surface area contributed by atoms with E-state index < -0.39 is 0 Å². The number of hydrogen-bond donors (Lipinski definition) is 0. The standard InChI is InChI=1S/C11H12BrNO2/c1-15-11(14)8-3-2-4-10-9(8)5-7(12)6-13-10/h5-6,8H,2-4H2,1H3. The summed E-state index contributed by atoms with van der Waals surface area (Å²) >= 11 is 3.37. The molecule has 0 fully saturated rings. The summed E-state index contributed by atoms with van der Waals surface area (Å²) in [5.74, 6) is -0.292. The van der Waals surface area contributed by atoms with Crippen molar-refractivity contribution in [2.45, 2.75) is 25.2 Å². The number of halogens is 1. The number of esters is 1. The van der Waals surface area contributed by atoms with Crippen LogP contribution in [-0.4, -0.2) is 18.1 Å². The zero-order valence-electron chi connectivity index (χ0n) is 8.50. The van der Waals surface area contributed by atoms with Crippen molar-refractivity contribution in [3.8, 4) is 0 Å². The average Bonchev–Trinajstić information content (AvgIpc) is 2.27. The number of aryl methyl sites for hydroxylation is 1. The first kappa shape index (κ1) is 10.6. The number of fused-ring (bicyclic) bond motifs is 1. The number of carbonyl (C=O) groups excluding carboxylic acids is 1. The maximum absolute atomic E-state index is 11.6. The Labute approximate surface area is 97.0 Å². The molecule has 0 amide bonds. The van der Waals surface area contributed by atoms with Crippen LogP contribution in [-0.2, 0) is 16.0 Å². The Morgan fingerprint density at radius 3 is 3.20 bits per heavy atom. The zero-order chi connectivity index (χ0) is 10.8. The minimum atomic E-state index is -0.157. The molecule has 0 saturated carbocycles. The molecule has 1 atom stereocenters. The van der Waals surface area contributed by atoms with Gasteiger partial charge in [0.05, 0.1) is 13.0 Å². The monoisotopic (exact) mass is 269 g/mol. The van der Waals surface area contributed by atoms with Crippen LogP contribution in [0.1, 0.15) is 30.0 Å². The summed E-state index contributed by atoms with van der Waals surface area (Å²) in [5, 5.41) is 0. The van der Waals surface area contributed by atoms with E-state index in [0.717, 1.165) is 35.0 Å². The summed E-state index contributed by atoms with van der Waals surface area (Å²) in [5.41, 5.74) is 2.04. The first-order valence-corrected chi connectivity index (χ1v) is 5.74. The van der Waals surface area contributed by atoms with Crippen LogP contribution < -0.4 is 0 Å². The molecule has 3 nitrogen and oxygen atoms in total. The fourth-order valence-electron chi connectivity index (χ4n) is 2.01. The molecule has 0 radical (unpaired) electrons. The minimum Gasteiger partial charge on any atom is -0.469 e. The molecule has 0 bridgehead atoms. The molecule has 15 heavy (non-hydrogen) atoms. The molecular weight excluding hydrogens is 258 g/mol. The quantitative estimate of drug-likeness (QED) is 0.736. The molecule has 1 aromatic heterocycles. The summed E-state index contributed by atoms with van der Waals surface area (Å²) in [6.07, 6.45) is 4.59. The molecule has 1 heterocycles. The maximum atomic E-state index is 11.6. The van der Waals surface area contributed by atoms with E-state index in [4.69, 9.17) is 4.74 Å². The molecule has 0 N–H and O–H groups in total. The summed E-state index contributed by atoms with van der Waals surface area (Å²) in [6.45, 7) is 0. The molecule has 4 heteroatoms. The van der Waals surface area contributed by atoms with Crippen LogP contribution in [0.2, 0.25) is 0 Å². The van der Waals surface area contributed by atoms with E-state index >= 15 is 0 Å². The lowest BCUT2D eigenvalue weighted by molar-refractivity contribution is -0.142.